The molecule has 1 unspecified atom stereocenters. The van der Waals surface area contributed by atoms with E-state index in [1.54, 1.807) is 43.3 Å². The molecule has 1 fully saturated rings. The number of aliphatic imine (C=N–C) groups is 1. The van der Waals surface area contributed by atoms with Crippen LogP contribution < -0.4 is 14.8 Å². The van der Waals surface area contributed by atoms with Crippen LogP contribution in [-0.2, 0) is 20.9 Å². The molecule has 208 valence electrons. The lowest BCUT2D eigenvalue weighted by Gasteiger charge is -2.32. The molecule has 4 rings (SSSR count). The number of nitrogens with zero attached hydrogens (tertiary/aromatic N) is 2. The van der Waals surface area contributed by atoms with Crippen molar-refractivity contribution in [3.63, 3.8) is 0 Å². The summed E-state index contributed by atoms with van der Waals surface area (Å²) in [5.41, 5.74) is 2.03. The summed E-state index contributed by atoms with van der Waals surface area (Å²) < 4.78 is 29.2. The average molecular weight is 566 g/mol. The Morgan fingerprint density at radius 1 is 1.02 bits per heavy atom. The standard InChI is InChI=1S/C29H28FN3O6S/c1-4-39-28(36)19-6-10-21(11-7-19)31-27(35)25-16-26(34)33(17-18-5-14-23(37-2)24(15-18)38-3)29(40-25)32-22-12-8-20(30)9-13-22/h5-15,25H,4,16-17H2,1-3H3,(H,31,35). The van der Waals surface area contributed by atoms with Crippen molar-refractivity contribution in [3.8, 4) is 11.5 Å². The van der Waals surface area contributed by atoms with Gasteiger partial charge in [-0.05, 0) is 73.2 Å². The number of nitrogens with one attached hydrogen (secondary N) is 1. The number of esters is 1. The summed E-state index contributed by atoms with van der Waals surface area (Å²) in [7, 11) is 3.06. The van der Waals surface area contributed by atoms with E-state index in [2.05, 4.69) is 10.3 Å². The number of amidine groups is 1. The van der Waals surface area contributed by atoms with Gasteiger partial charge in [-0.2, -0.15) is 0 Å². The number of benzene rings is 3. The van der Waals surface area contributed by atoms with E-state index in [4.69, 9.17) is 14.2 Å². The molecule has 2 amide bonds. The zero-order valence-corrected chi connectivity index (χ0v) is 23.0. The maximum absolute atomic E-state index is 13.5. The summed E-state index contributed by atoms with van der Waals surface area (Å²) in [5, 5.41) is 2.33. The van der Waals surface area contributed by atoms with E-state index in [-0.39, 0.29) is 31.4 Å². The molecule has 0 spiro atoms. The van der Waals surface area contributed by atoms with Gasteiger partial charge in [0.25, 0.3) is 0 Å². The summed E-state index contributed by atoms with van der Waals surface area (Å²) in [6.07, 6.45) is -0.0624. The molecular weight excluding hydrogens is 537 g/mol. The Morgan fingerprint density at radius 3 is 2.38 bits per heavy atom. The van der Waals surface area contributed by atoms with Crippen molar-refractivity contribution in [2.45, 2.75) is 25.1 Å². The molecule has 11 heteroatoms. The second-order valence-electron chi connectivity index (χ2n) is 8.64. The zero-order valence-electron chi connectivity index (χ0n) is 22.2. The van der Waals surface area contributed by atoms with Crippen LogP contribution in [0, 0.1) is 5.82 Å². The monoisotopic (exact) mass is 565 g/mol. The van der Waals surface area contributed by atoms with Crippen LogP contribution in [0.5, 0.6) is 11.5 Å². The van der Waals surface area contributed by atoms with Crippen LogP contribution in [0.25, 0.3) is 0 Å². The van der Waals surface area contributed by atoms with E-state index >= 15 is 0 Å². The van der Waals surface area contributed by atoms with Crippen molar-refractivity contribution in [1.82, 2.24) is 4.90 Å². The normalized spacial score (nSPS) is 16.0. The molecule has 0 radical (unpaired) electrons. The maximum Gasteiger partial charge on any atom is 0.338 e. The van der Waals surface area contributed by atoms with Gasteiger partial charge in [-0.1, -0.05) is 17.8 Å². The van der Waals surface area contributed by atoms with Crippen molar-refractivity contribution < 1.29 is 33.0 Å². The summed E-state index contributed by atoms with van der Waals surface area (Å²) in [4.78, 5) is 44.5. The minimum Gasteiger partial charge on any atom is -0.493 e. The van der Waals surface area contributed by atoms with Crippen molar-refractivity contribution in [2.24, 2.45) is 4.99 Å². The molecular formula is C29H28FN3O6S. The summed E-state index contributed by atoms with van der Waals surface area (Å²) in [5.74, 6) is -0.486. The third kappa shape index (κ3) is 6.97. The van der Waals surface area contributed by atoms with Gasteiger partial charge >= 0.3 is 5.97 Å². The number of halogens is 1. The van der Waals surface area contributed by atoms with E-state index < -0.39 is 17.0 Å². The molecule has 3 aromatic rings. The van der Waals surface area contributed by atoms with E-state index in [9.17, 15) is 18.8 Å². The molecule has 0 aliphatic carbocycles. The lowest BCUT2D eigenvalue weighted by atomic mass is 10.1. The third-order valence-electron chi connectivity index (χ3n) is 5.94. The molecule has 1 aliphatic rings. The van der Waals surface area contributed by atoms with Gasteiger partial charge in [0.05, 0.1) is 38.6 Å². The first-order chi connectivity index (χ1) is 19.3. The van der Waals surface area contributed by atoms with Crippen molar-refractivity contribution in [2.75, 3.05) is 26.1 Å². The topological polar surface area (TPSA) is 107 Å². The molecule has 9 nitrogen and oxygen atoms in total. The van der Waals surface area contributed by atoms with Gasteiger partial charge in [-0.25, -0.2) is 14.2 Å². The lowest BCUT2D eigenvalue weighted by molar-refractivity contribution is -0.129. The Hall–Kier alpha value is -4.38. The van der Waals surface area contributed by atoms with E-state index in [1.807, 2.05) is 6.07 Å². The van der Waals surface area contributed by atoms with Crippen LogP contribution in [0.15, 0.2) is 71.7 Å². The maximum atomic E-state index is 13.5. The van der Waals surface area contributed by atoms with Crippen LogP contribution in [0.1, 0.15) is 29.3 Å². The average Bonchev–Trinajstić information content (AvgIpc) is 2.96. The number of carbonyl (C=O) groups excluding carboxylic acids is 3. The van der Waals surface area contributed by atoms with Crippen molar-refractivity contribution in [3.05, 3.63) is 83.7 Å². The SMILES string of the molecule is CCOC(=O)c1ccc(NC(=O)C2CC(=O)N(Cc3ccc(OC)c(OC)c3)C(=Nc3ccc(F)cc3)S2)cc1. The zero-order chi connectivity index (χ0) is 28.6. The van der Waals surface area contributed by atoms with Gasteiger partial charge in [-0.15, -0.1) is 0 Å². The van der Waals surface area contributed by atoms with Crippen LogP contribution in [-0.4, -0.2) is 53.9 Å². The second-order valence-corrected chi connectivity index (χ2v) is 9.81. The second kappa shape index (κ2) is 13.1. The Morgan fingerprint density at radius 2 is 1.73 bits per heavy atom. The Kier molecular flexibility index (Phi) is 9.39. The highest BCUT2D eigenvalue weighted by Crippen LogP contribution is 2.33. The molecule has 1 atom stereocenters. The number of amides is 2. The van der Waals surface area contributed by atoms with Gasteiger partial charge in [-0.3, -0.25) is 14.5 Å². The van der Waals surface area contributed by atoms with Gasteiger partial charge < -0.3 is 19.5 Å². The number of thioether (sulfide) groups is 1. The molecule has 0 bridgehead atoms. The fraction of sp³-hybridized carbons (Fsp3) is 0.241. The number of hydrogen-bond acceptors (Lipinski definition) is 8. The van der Waals surface area contributed by atoms with Gasteiger partial charge in [0.15, 0.2) is 16.7 Å². The predicted octanol–water partition coefficient (Wildman–Crippen LogP) is 5.18. The summed E-state index contributed by atoms with van der Waals surface area (Å²) in [6, 6.07) is 17.2. The minimum absolute atomic E-state index is 0.0624. The number of anilines is 1. The van der Waals surface area contributed by atoms with Crippen LogP contribution in [0.4, 0.5) is 15.8 Å². The lowest BCUT2D eigenvalue weighted by Crippen LogP contribution is -2.44. The Labute approximate surface area is 235 Å². The highest BCUT2D eigenvalue weighted by Gasteiger charge is 2.36. The number of rotatable bonds is 9. The highest BCUT2D eigenvalue weighted by atomic mass is 32.2. The largest absolute Gasteiger partial charge is 0.493 e. The van der Waals surface area contributed by atoms with E-state index in [0.717, 1.165) is 17.3 Å². The highest BCUT2D eigenvalue weighted by molar-refractivity contribution is 8.15. The quantitative estimate of drug-likeness (QED) is 0.356. The Balaban J connectivity index is 1.56. The molecule has 40 heavy (non-hydrogen) atoms. The molecule has 0 saturated carbocycles. The predicted molar refractivity (Wildman–Crippen MR) is 151 cm³/mol. The molecule has 1 heterocycles. The molecule has 1 N–H and O–H groups in total. The summed E-state index contributed by atoms with van der Waals surface area (Å²) >= 11 is 1.14. The first kappa shape index (κ1) is 28.6. The van der Waals surface area contributed by atoms with Crippen LogP contribution in [0.3, 0.4) is 0 Å². The molecule has 1 aliphatic heterocycles. The van der Waals surface area contributed by atoms with Gasteiger partial charge in [0.1, 0.15) is 11.1 Å². The fourth-order valence-electron chi connectivity index (χ4n) is 3.91. The number of methoxy groups -OCH3 is 2. The first-order valence-electron chi connectivity index (χ1n) is 12.4. The van der Waals surface area contributed by atoms with Crippen molar-refractivity contribution in [1.29, 1.82) is 0 Å². The van der Waals surface area contributed by atoms with E-state index in [1.165, 1.54) is 43.4 Å². The van der Waals surface area contributed by atoms with Gasteiger partial charge in [0.2, 0.25) is 11.8 Å². The Bertz CT molecular complexity index is 1410. The molecule has 1 saturated heterocycles. The van der Waals surface area contributed by atoms with Crippen molar-refractivity contribution >= 4 is 46.1 Å². The van der Waals surface area contributed by atoms with E-state index in [0.29, 0.717) is 33.6 Å². The summed E-state index contributed by atoms with van der Waals surface area (Å²) in [6.45, 7) is 2.16. The van der Waals surface area contributed by atoms with Gasteiger partial charge in [0, 0.05) is 12.1 Å². The molecule has 3 aromatic carbocycles. The number of hydrogen-bond donors (Lipinski definition) is 1. The minimum atomic E-state index is -0.766. The smallest absolute Gasteiger partial charge is 0.338 e. The van der Waals surface area contributed by atoms with Crippen LogP contribution in [0.2, 0.25) is 0 Å². The fourth-order valence-corrected chi connectivity index (χ4v) is 5.01. The first-order valence-corrected chi connectivity index (χ1v) is 13.3. The third-order valence-corrected chi connectivity index (χ3v) is 7.12. The number of ether oxygens (including phenoxy) is 3. The molecule has 0 aromatic heterocycles. The van der Waals surface area contributed by atoms with Crippen LogP contribution >= 0.6 is 11.8 Å². The number of carbonyl (C=O) groups is 3.